The molecule has 0 spiro atoms. The first kappa shape index (κ1) is 14.4. The summed E-state index contributed by atoms with van der Waals surface area (Å²) in [5.74, 6) is 0.807. The number of rotatable bonds is 4. The van der Waals surface area contributed by atoms with Crippen molar-refractivity contribution in [3.8, 4) is 0 Å². The van der Waals surface area contributed by atoms with Crippen LogP contribution in [0.15, 0.2) is 28.7 Å². The third-order valence-corrected chi connectivity index (χ3v) is 2.81. The number of hydrogen-bond donors (Lipinski definition) is 0. The van der Waals surface area contributed by atoms with Crippen molar-refractivity contribution in [1.29, 1.82) is 0 Å². The molecule has 108 valence electrons. The minimum Gasteiger partial charge on any atom is -0.424 e. The normalized spacial score (nSPS) is 11.7. The number of hydrogen-bond acceptors (Lipinski definition) is 4. The highest BCUT2D eigenvalue weighted by atomic mass is 19.4. The molecule has 0 radical (unpaired) electrons. The topological polar surface area (TPSA) is 42.2 Å². The SMILES string of the molecule is CCN(Cc1nnc(C)o1)c1cccc(C(F)(F)F)c1. The van der Waals surface area contributed by atoms with Gasteiger partial charge >= 0.3 is 6.18 Å². The number of alkyl halides is 3. The number of aryl methyl sites for hydroxylation is 1. The van der Waals surface area contributed by atoms with Gasteiger partial charge in [0.25, 0.3) is 0 Å². The van der Waals surface area contributed by atoms with Gasteiger partial charge in [-0.15, -0.1) is 10.2 Å². The van der Waals surface area contributed by atoms with Crippen molar-refractivity contribution in [2.45, 2.75) is 26.6 Å². The van der Waals surface area contributed by atoms with Gasteiger partial charge in [-0.05, 0) is 25.1 Å². The molecule has 1 heterocycles. The smallest absolute Gasteiger partial charge is 0.416 e. The minimum absolute atomic E-state index is 0.276. The molecule has 7 heteroatoms. The number of anilines is 1. The summed E-state index contributed by atoms with van der Waals surface area (Å²) in [4.78, 5) is 1.74. The van der Waals surface area contributed by atoms with Gasteiger partial charge in [0.15, 0.2) is 0 Å². The van der Waals surface area contributed by atoms with Gasteiger partial charge in [0.05, 0.1) is 12.1 Å². The predicted octanol–water partition coefficient (Wildman–Crippen LogP) is 3.42. The predicted molar refractivity (Wildman–Crippen MR) is 67.2 cm³/mol. The fraction of sp³-hybridized carbons (Fsp3) is 0.385. The molecule has 0 saturated carbocycles. The Kier molecular flexibility index (Phi) is 3.96. The molecule has 0 aliphatic rings. The van der Waals surface area contributed by atoms with Crippen molar-refractivity contribution in [1.82, 2.24) is 10.2 Å². The monoisotopic (exact) mass is 285 g/mol. The second-order valence-corrected chi connectivity index (χ2v) is 4.28. The molecule has 1 aromatic carbocycles. The van der Waals surface area contributed by atoms with Crippen LogP contribution in [0.2, 0.25) is 0 Å². The number of halogens is 3. The molecule has 0 bridgehead atoms. The molecule has 0 unspecified atom stereocenters. The van der Waals surface area contributed by atoms with E-state index < -0.39 is 11.7 Å². The van der Waals surface area contributed by atoms with Crippen LogP contribution in [0.5, 0.6) is 0 Å². The fourth-order valence-corrected chi connectivity index (χ4v) is 1.83. The van der Waals surface area contributed by atoms with E-state index in [9.17, 15) is 13.2 Å². The Hall–Kier alpha value is -2.05. The average molecular weight is 285 g/mol. The summed E-state index contributed by atoms with van der Waals surface area (Å²) in [6, 6.07) is 5.18. The molecular weight excluding hydrogens is 271 g/mol. The van der Waals surface area contributed by atoms with Crippen LogP contribution in [0.3, 0.4) is 0 Å². The van der Waals surface area contributed by atoms with Crippen LogP contribution in [0.25, 0.3) is 0 Å². The van der Waals surface area contributed by atoms with E-state index in [2.05, 4.69) is 10.2 Å². The number of benzene rings is 1. The molecule has 1 aromatic heterocycles. The fourth-order valence-electron chi connectivity index (χ4n) is 1.83. The highest BCUT2D eigenvalue weighted by Gasteiger charge is 2.30. The molecule has 2 rings (SSSR count). The zero-order valence-corrected chi connectivity index (χ0v) is 11.1. The third-order valence-electron chi connectivity index (χ3n) is 2.81. The standard InChI is InChI=1S/C13H14F3N3O/c1-3-19(8-12-18-17-9(2)20-12)11-6-4-5-10(7-11)13(14,15)16/h4-7H,3,8H2,1-2H3. The van der Waals surface area contributed by atoms with Crippen molar-refractivity contribution < 1.29 is 17.6 Å². The average Bonchev–Trinajstić information content (AvgIpc) is 2.81. The van der Waals surface area contributed by atoms with Crippen LogP contribution in [-0.2, 0) is 12.7 Å². The van der Waals surface area contributed by atoms with Crippen LogP contribution in [0.4, 0.5) is 18.9 Å². The first-order valence-corrected chi connectivity index (χ1v) is 6.11. The zero-order chi connectivity index (χ0) is 14.8. The second kappa shape index (κ2) is 5.52. The zero-order valence-electron chi connectivity index (χ0n) is 11.1. The molecule has 2 aromatic rings. The molecular formula is C13H14F3N3O. The molecule has 0 saturated heterocycles. The first-order valence-electron chi connectivity index (χ1n) is 6.11. The lowest BCUT2D eigenvalue weighted by atomic mass is 10.2. The Bertz CT molecular complexity index is 580. The van der Waals surface area contributed by atoms with Gasteiger partial charge in [0.2, 0.25) is 11.8 Å². The van der Waals surface area contributed by atoms with E-state index in [1.54, 1.807) is 17.9 Å². The van der Waals surface area contributed by atoms with Crippen LogP contribution in [0, 0.1) is 6.92 Å². The van der Waals surface area contributed by atoms with Crippen molar-refractivity contribution in [2.75, 3.05) is 11.4 Å². The van der Waals surface area contributed by atoms with Crippen molar-refractivity contribution in [2.24, 2.45) is 0 Å². The van der Waals surface area contributed by atoms with E-state index in [0.29, 0.717) is 24.0 Å². The van der Waals surface area contributed by atoms with E-state index in [0.717, 1.165) is 12.1 Å². The molecule has 0 amide bonds. The Morgan fingerprint density at radius 2 is 2.00 bits per heavy atom. The van der Waals surface area contributed by atoms with E-state index >= 15 is 0 Å². The summed E-state index contributed by atoms with van der Waals surface area (Å²) in [5, 5.41) is 7.55. The van der Waals surface area contributed by atoms with Crippen LogP contribution in [-0.4, -0.2) is 16.7 Å². The van der Waals surface area contributed by atoms with Crippen LogP contribution >= 0.6 is 0 Å². The van der Waals surface area contributed by atoms with Crippen LogP contribution < -0.4 is 4.90 Å². The van der Waals surface area contributed by atoms with Gasteiger partial charge in [0, 0.05) is 19.2 Å². The summed E-state index contributed by atoms with van der Waals surface area (Å²) < 4.78 is 43.4. The van der Waals surface area contributed by atoms with Crippen molar-refractivity contribution in [3.63, 3.8) is 0 Å². The van der Waals surface area contributed by atoms with Crippen molar-refractivity contribution in [3.05, 3.63) is 41.6 Å². The van der Waals surface area contributed by atoms with Crippen molar-refractivity contribution >= 4 is 5.69 Å². The Morgan fingerprint density at radius 1 is 1.25 bits per heavy atom. The lowest BCUT2D eigenvalue weighted by molar-refractivity contribution is -0.137. The van der Waals surface area contributed by atoms with Gasteiger partial charge in [-0.3, -0.25) is 0 Å². The van der Waals surface area contributed by atoms with E-state index in [-0.39, 0.29) is 6.54 Å². The van der Waals surface area contributed by atoms with Gasteiger partial charge in [-0.2, -0.15) is 13.2 Å². The Morgan fingerprint density at radius 3 is 2.55 bits per heavy atom. The largest absolute Gasteiger partial charge is 0.424 e. The second-order valence-electron chi connectivity index (χ2n) is 4.28. The molecule has 20 heavy (non-hydrogen) atoms. The van der Waals surface area contributed by atoms with Gasteiger partial charge < -0.3 is 9.32 Å². The molecule has 0 N–H and O–H groups in total. The van der Waals surface area contributed by atoms with E-state index in [1.807, 2.05) is 6.92 Å². The first-order chi connectivity index (χ1) is 9.40. The summed E-state index contributed by atoms with van der Waals surface area (Å²) in [5.41, 5.74) is -0.201. The van der Waals surface area contributed by atoms with Gasteiger partial charge in [-0.25, -0.2) is 0 Å². The molecule has 0 aliphatic carbocycles. The number of aromatic nitrogens is 2. The quantitative estimate of drug-likeness (QED) is 0.863. The van der Waals surface area contributed by atoms with E-state index in [4.69, 9.17) is 4.42 Å². The van der Waals surface area contributed by atoms with Gasteiger partial charge in [-0.1, -0.05) is 6.07 Å². The molecule has 0 atom stereocenters. The lowest BCUT2D eigenvalue weighted by Gasteiger charge is -2.22. The maximum atomic E-state index is 12.7. The van der Waals surface area contributed by atoms with Gasteiger partial charge in [0.1, 0.15) is 0 Å². The summed E-state index contributed by atoms with van der Waals surface area (Å²) in [6.45, 7) is 4.32. The summed E-state index contributed by atoms with van der Waals surface area (Å²) in [7, 11) is 0. The summed E-state index contributed by atoms with van der Waals surface area (Å²) >= 11 is 0. The molecule has 0 fully saturated rings. The molecule has 4 nitrogen and oxygen atoms in total. The molecule has 0 aliphatic heterocycles. The third kappa shape index (κ3) is 3.28. The summed E-state index contributed by atoms with van der Waals surface area (Å²) in [6.07, 6.45) is -4.35. The van der Waals surface area contributed by atoms with Crippen LogP contribution in [0.1, 0.15) is 24.3 Å². The Labute approximate surface area is 114 Å². The van der Waals surface area contributed by atoms with E-state index in [1.165, 1.54) is 6.07 Å². The minimum atomic E-state index is -4.35. The Balaban J connectivity index is 2.23. The lowest BCUT2D eigenvalue weighted by Crippen LogP contribution is -2.22. The maximum Gasteiger partial charge on any atom is 0.416 e. The highest BCUT2D eigenvalue weighted by Crippen LogP contribution is 2.31. The number of nitrogens with zero attached hydrogens (tertiary/aromatic N) is 3. The highest BCUT2D eigenvalue weighted by molar-refractivity contribution is 5.49. The maximum absolute atomic E-state index is 12.7.